The molecule has 0 radical (unpaired) electrons. The van der Waals surface area contributed by atoms with E-state index in [1.165, 1.54) is 17.7 Å². The van der Waals surface area contributed by atoms with Gasteiger partial charge in [-0.15, -0.1) is 11.3 Å². The Morgan fingerprint density at radius 3 is 2.90 bits per heavy atom. The van der Waals surface area contributed by atoms with E-state index in [9.17, 15) is 4.79 Å². The molecule has 2 atom stereocenters. The average molecular weight is 329 g/mol. The van der Waals surface area contributed by atoms with Crippen LogP contribution in [0.5, 0.6) is 0 Å². The van der Waals surface area contributed by atoms with E-state index < -0.39 is 0 Å². The highest BCUT2D eigenvalue weighted by Crippen LogP contribution is 2.42. The van der Waals surface area contributed by atoms with Gasteiger partial charge in [0.05, 0.1) is 4.34 Å². The fourth-order valence-electron chi connectivity index (χ4n) is 3.23. The molecule has 1 aromatic rings. The number of rotatable bonds is 6. The maximum atomic E-state index is 11.8. The third-order valence-corrected chi connectivity index (χ3v) is 5.51. The molecular weight excluding hydrogens is 308 g/mol. The molecule has 2 fully saturated rings. The molecule has 1 aromatic heterocycles. The SMILES string of the molecule is COCC(=O)N[C@@H]1CN(Cc2ccc(Cl)s2)C[C@H]1C1CC1. The lowest BCUT2D eigenvalue weighted by Crippen LogP contribution is -2.42. The van der Waals surface area contributed by atoms with E-state index in [0.717, 1.165) is 29.9 Å². The first-order chi connectivity index (χ1) is 10.2. The molecule has 1 amide bonds. The smallest absolute Gasteiger partial charge is 0.246 e. The van der Waals surface area contributed by atoms with Crippen LogP contribution in [0.1, 0.15) is 17.7 Å². The van der Waals surface area contributed by atoms with Crippen LogP contribution < -0.4 is 5.32 Å². The Kier molecular flexibility index (Phi) is 4.84. The second-order valence-electron chi connectivity index (χ2n) is 6.01. The molecule has 21 heavy (non-hydrogen) atoms. The highest BCUT2D eigenvalue weighted by molar-refractivity contribution is 7.16. The molecule has 4 nitrogen and oxygen atoms in total. The summed E-state index contributed by atoms with van der Waals surface area (Å²) in [6.07, 6.45) is 2.61. The van der Waals surface area contributed by atoms with E-state index in [1.807, 2.05) is 6.07 Å². The van der Waals surface area contributed by atoms with Crippen LogP contribution in [0.25, 0.3) is 0 Å². The number of nitrogens with zero attached hydrogens (tertiary/aromatic N) is 1. The summed E-state index contributed by atoms with van der Waals surface area (Å²) >= 11 is 7.64. The van der Waals surface area contributed by atoms with Gasteiger partial charge in [0.25, 0.3) is 0 Å². The van der Waals surface area contributed by atoms with Gasteiger partial charge < -0.3 is 10.1 Å². The van der Waals surface area contributed by atoms with Crippen molar-refractivity contribution in [1.29, 1.82) is 0 Å². The summed E-state index contributed by atoms with van der Waals surface area (Å²) in [6.45, 7) is 3.07. The van der Waals surface area contributed by atoms with E-state index in [0.29, 0.717) is 5.92 Å². The molecule has 0 unspecified atom stereocenters. The third-order valence-electron chi connectivity index (χ3n) is 4.30. The minimum absolute atomic E-state index is 0.00540. The molecule has 1 N–H and O–H groups in total. The fraction of sp³-hybridized carbons (Fsp3) is 0.667. The number of nitrogens with one attached hydrogen (secondary N) is 1. The van der Waals surface area contributed by atoms with Gasteiger partial charge in [-0.2, -0.15) is 0 Å². The van der Waals surface area contributed by atoms with Gasteiger partial charge in [-0.25, -0.2) is 0 Å². The number of likely N-dealkylation sites (tertiary alicyclic amines) is 1. The van der Waals surface area contributed by atoms with Crippen molar-refractivity contribution in [2.45, 2.75) is 25.4 Å². The molecule has 1 aliphatic heterocycles. The zero-order valence-corrected chi connectivity index (χ0v) is 13.8. The Bertz CT molecular complexity index is 504. The molecule has 1 saturated carbocycles. The minimum Gasteiger partial charge on any atom is -0.375 e. The largest absolute Gasteiger partial charge is 0.375 e. The first kappa shape index (κ1) is 15.3. The van der Waals surface area contributed by atoms with E-state index in [-0.39, 0.29) is 18.6 Å². The van der Waals surface area contributed by atoms with Crippen LogP contribution in [0.3, 0.4) is 0 Å². The number of carbonyl (C=O) groups excluding carboxylic acids is 1. The molecule has 0 spiro atoms. The Balaban J connectivity index is 1.59. The van der Waals surface area contributed by atoms with Crippen molar-refractivity contribution < 1.29 is 9.53 Å². The number of methoxy groups -OCH3 is 1. The molecule has 1 aliphatic carbocycles. The summed E-state index contributed by atoms with van der Waals surface area (Å²) in [7, 11) is 1.55. The van der Waals surface area contributed by atoms with E-state index in [1.54, 1.807) is 18.4 Å². The van der Waals surface area contributed by atoms with Crippen LogP contribution in [-0.2, 0) is 16.1 Å². The van der Waals surface area contributed by atoms with Crippen molar-refractivity contribution in [2.75, 3.05) is 26.8 Å². The lowest BCUT2D eigenvalue weighted by Gasteiger charge is -2.19. The zero-order valence-electron chi connectivity index (χ0n) is 12.2. The number of carbonyl (C=O) groups is 1. The number of amides is 1. The summed E-state index contributed by atoms with van der Waals surface area (Å²) in [5.41, 5.74) is 0. The van der Waals surface area contributed by atoms with Crippen molar-refractivity contribution in [3.8, 4) is 0 Å². The Morgan fingerprint density at radius 1 is 1.48 bits per heavy atom. The van der Waals surface area contributed by atoms with Gasteiger partial charge >= 0.3 is 0 Å². The van der Waals surface area contributed by atoms with Crippen molar-refractivity contribution >= 4 is 28.8 Å². The molecular formula is C15H21ClN2O2S. The number of ether oxygens (including phenoxy) is 1. The minimum atomic E-state index is -0.00540. The standard InChI is InChI=1S/C15H21ClN2O2S/c1-20-9-15(19)17-13-8-18(7-12(13)10-2-3-10)6-11-4-5-14(16)21-11/h4-5,10,12-13H,2-3,6-9H2,1H3,(H,17,19)/t12-,13+/m0/s1. The number of halogens is 1. The van der Waals surface area contributed by atoms with Gasteiger partial charge in [0.2, 0.25) is 5.91 Å². The first-order valence-electron chi connectivity index (χ1n) is 7.40. The number of thiophene rings is 1. The lowest BCUT2D eigenvalue weighted by molar-refractivity contribution is -0.125. The summed E-state index contributed by atoms with van der Waals surface area (Å²) in [4.78, 5) is 15.5. The normalized spacial score (nSPS) is 26.2. The zero-order chi connectivity index (χ0) is 14.8. The molecule has 0 bridgehead atoms. The van der Waals surface area contributed by atoms with Crippen LogP contribution in [0.2, 0.25) is 4.34 Å². The monoisotopic (exact) mass is 328 g/mol. The predicted octanol–water partition coefficient (Wildman–Crippen LogP) is 2.37. The first-order valence-corrected chi connectivity index (χ1v) is 8.60. The summed E-state index contributed by atoms with van der Waals surface area (Å²) in [6, 6.07) is 4.31. The Labute approximate surface area is 134 Å². The average Bonchev–Trinajstić information content (AvgIpc) is 3.09. The quantitative estimate of drug-likeness (QED) is 0.871. The molecule has 2 heterocycles. The van der Waals surface area contributed by atoms with E-state index in [2.05, 4.69) is 16.3 Å². The van der Waals surface area contributed by atoms with Crippen molar-refractivity contribution in [3.05, 3.63) is 21.3 Å². The Hall–Kier alpha value is -0.620. The topological polar surface area (TPSA) is 41.6 Å². The highest BCUT2D eigenvalue weighted by atomic mass is 35.5. The molecule has 2 aliphatic rings. The molecule has 3 rings (SSSR count). The van der Waals surface area contributed by atoms with E-state index >= 15 is 0 Å². The van der Waals surface area contributed by atoms with Crippen molar-refractivity contribution in [3.63, 3.8) is 0 Å². The summed E-state index contributed by atoms with van der Waals surface area (Å²) in [5, 5.41) is 3.14. The second-order valence-corrected chi connectivity index (χ2v) is 7.81. The van der Waals surface area contributed by atoms with Crippen LogP contribution >= 0.6 is 22.9 Å². The van der Waals surface area contributed by atoms with Gasteiger partial charge in [0.15, 0.2) is 0 Å². The van der Waals surface area contributed by atoms with Crippen molar-refractivity contribution in [1.82, 2.24) is 10.2 Å². The van der Waals surface area contributed by atoms with Gasteiger partial charge in [-0.05, 0) is 36.8 Å². The molecule has 116 valence electrons. The van der Waals surface area contributed by atoms with Crippen LogP contribution in [0.15, 0.2) is 12.1 Å². The van der Waals surface area contributed by atoms with Crippen molar-refractivity contribution in [2.24, 2.45) is 11.8 Å². The predicted molar refractivity (Wildman–Crippen MR) is 84.6 cm³/mol. The van der Waals surface area contributed by atoms with Gasteiger partial charge in [-0.1, -0.05) is 11.6 Å². The van der Waals surface area contributed by atoms with Crippen LogP contribution in [0, 0.1) is 11.8 Å². The summed E-state index contributed by atoms with van der Waals surface area (Å²) in [5.74, 6) is 1.37. The summed E-state index contributed by atoms with van der Waals surface area (Å²) < 4.78 is 5.75. The van der Waals surface area contributed by atoms with Crippen LogP contribution in [0.4, 0.5) is 0 Å². The van der Waals surface area contributed by atoms with Gasteiger partial charge in [0.1, 0.15) is 6.61 Å². The Morgan fingerprint density at radius 2 is 2.29 bits per heavy atom. The second kappa shape index (κ2) is 6.65. The molecule has 6 heteroatoms. The highest BCUT2D eigenvalue weighted by Gasteiger charge is 2.42. The molecule has 1 saturated heterocycles. The third kappa shape index (κ3) is 3.97. The maximum absolute atomic E-state index is 11.8. The van der Waals surface area contributed by atoms with E-state index in [4.69, 9.17) is 16.3 Å². The molecule has 0 aromatic carbocycles. The lowest BCUT2D eigenvalue weighted by atomic mass is 9.98. The maximum Gasteiger partial charge on any atom is 0.246 e. The van der Waals surface area contributed by atoms with Crippen LogP contribution in [-0.4, -0.2) is 43.7 Å². The fourth-order valence-corrected chi connectivity index (χ4v) is 4.36. The van der Waals surface area contributed by atoms with Gasteiger partial charge in [0, 0.05) is 37.7 Å². The number of hydrogen-bond donors (Lipinski definition) is 1. The van der Waals surface area contributed by atoms with Gasteiger partial charge in [-0.3, -0.25) is 9.69 Å². The number of hydrogen-bond acceptors (Lipinski definition) is 4.